The smallest absolute Gasteiger partial charge is 0.194 e. The van der Waals surface area contributed by atoms with Gasteiger partial charge < -0.3 is 19.7 Å². The Bertz CT molecular complexity index is 618. The normalized spacial score (nSPS) is 22.7. The Hall–Kier alpha value is -0.860. The van der Waals surface area contributed by atoms with E-state index in [-0.39, 0.29) is 24.0 Å². The quantitative estimate of drug-likeness (QED) is 0.254. The van der Waals surface area contributed by atoms with Crippen LogP contribution in [-0.4, -0.2) is 63.0 Å². The fourth-order valence-electron chi connectivity index (χ4n) is 3.94. The van der Waals surface area contributed by atoms with Gasteiger partial charge in [-0.2, -0.15) is 0 Å². The van der Waals surface area contributed by atoms with Gasteiger partial charge in [-0.3, -0.25) is 4.99 Å². The molecule has 28 heavy (non-hydrogen) atoms. The molecule has 1 saturated heterocycles. The molecular weight excluding hydrogens is 465 g/mol. The van der Waals surface area contributed by atoms with E-state index >= 15 is 0 Å². The number of aryl methyl sites for hydroxylation is 1. The van der Waals surface area contributed by atoms with Crippen molar-refractivity contribution >= 4 is 29.9 Å². The Balaban J connectivity index is 0.00000280. The van der Waals surface area contributed by atoms with E-state index < -0.39 is 0 Å². The van der Waals surface area contributed by atoms with Gasteiger partial charge in [0, 0.05) is 51.9 Å². The molecule has 0 spiro atoms. The van der Waals surface area contributed by atoms with Crippen molar-refractivity contribution in [3.63, 3.8) is 0 Å². The van der Waals surface area contributed by atoms with Crippen molar-refractivity contribution in [3.05, 3.63) is 35.4 Å². The third kappa shape index (κ3) is 6.59. The highest BCUT2D eigenvalue weighted by molar-refractivity contribution is 14.0. The number of likely N-dealkylation sites (tertiary alicyclic amines) is 1. The maximum absolute atomic E-state index is 5.99. The molecule has 6 heteroatoms. The number of benzene rings is 1. The van der Waals surface area contributed by atoms with E-state index in [1.165, 1.54) is 17.5 Å². The van der Waals surface area contributed by atoms with Gasteiger partial charge in [-0.15, -0.1) is 24.0 Å². The number of guanidine groups is 1. The van der Waals surface area contributed by atoms with Gasteiger partial charge in [0.1, 0.15) is 0 Å². The summed E-state index contributed by atoms with van der Waals surface area (Å²) in [6.07, 6.45) is 4.70. The summed E-state index contributed by atoms with van der Waals surface area (Å²) in [6, 6.07) is 9.26. The van der Waals surface area contributed by atoms with Crippen LogP contribution in [0.2, 0.25) is 0 Å². The van der Waals surface area contributed by atoms with Crippen LogP contribution < -0.4 is 5.32 Å². The number of hydrogen-bond acceptors (Lipinski definition) is 3. The lowest BCUT2D eigenvalue weighted by molar-refractivity contribution is 0.00988. The van der Waals surface area contributed by atoms with Crippen LogP contribution in [0.25, 0.3) is 0 Å². The lowest BCUT2D eigenvalue weighted by Crippen LogP contribution is -2.48. The van der Waals surface area contributed by atoms with Crippen LogP contribution in [0.15, 0.2) is 29.3 Å². The summed E-state index contributed by atoms with van der Waals surface area (Å²) >= 11 is 0. The molecule has 1 aliphatic heterocycles. The molecule has 0 bridgehead atoms. The second-order valence-corrected chi connectivity index (χ2v) is 7.65. The van der Waals surface area contributed by atoms with E-state index in [1.807, 2.05) is 0 Å². The largest absolute Gasteiger partial charge is 0.385 e. The van der Waals surface area contributed by atoms with Gasteiger partial charge in [-0.05, 0) is 50.7 Å². The van der Waals surface area contributed by atoms with Crippen molar-refractivity contribution in [1.82, 2.24) is 10.2 Å². The second kappa shape index (κ2) is 12.0. The second-order valence-electron chi connectivity index (χ2n) is 7.65. The molecule has 2 atom stereocenters. The molecule has 2 aliphatic rings. The molecule has 1 aromatic rings. The minimum absolute atomic E-state index is 0. The van der Waals surface area contributed by atoms with E-state index in [2.05, 4.69) is 48.3 Å². The molecule has 1 aliphatic carbocycles. The van der Waals surface area contributed by atoms with E-state index in [1.54, 1.807) is 7.11 Å². The molecule has 1 N–H and O–H groups in total. The minimum atomic E-state index is 0. The van der Waals surface area contributed by atoms with Gasteiger partial charge in [-0.1, -0.05) is 24.3 Å². The molecule has 0 radical (unpaired) electrons. The van der Waals surface area contributed by atoms with Gasteiger partial charge >= 0.3 is 0 Å². The van der Waals surface area contributed by atoms with Gasteiger partial charge in [0.25, 0.3) is 0 Å². The topological polar surface area (TPSA) is 46.1 Å². The van der Waals surface area contributed by atoms with Crippen LogP contribution in [0.1, 0.15) is 49.7 Å². The van der Waals surface area contributed by atoms with E-state index in [0.29, 0.717) is 18.1 Å². The number of piperidine rings is 1. The molecule has 1 saturated carbocycles. The summed E-state index contributed by atoms with van der Waals surface area (Å²) in [4.78, 5) is 7.17. The van der Waals surface area contributed by atoms with Crippen molar-refractivity contribution in [2.24, 2.45) is 4.99 Å². The fraction of sp³-hybridized carbons (Fsp3) is 0.682. The Morgan fingerprint density at radius 1 is 1.21 bits per heavy atom. The Labute approximate surface area is 187 Å². The summed E-state index contributed by atoms with van der Waals surface area (Å²) in [5.41, 5.74) is 2.88. The monoisotopic (exact) mass is 501 g/mol. The molecule has 158 valence electrons. The number of nitrogens with zero attached hydrogens (tertiary/aromatic N) is 2. The fourth-order valence-corrected chi connectivity index (χ4v) is 3.94. The lowest BCUT2D eigenvalue weighted by atomic mass is 10.0. The van der Waals surface area contributed by atoms with Crippen molar-refractivity contribution in [2.75, 3.05) is 40.0 Å². The van der Waals surface area contributed by atoms with Crippen LogP contribution in [0.5, 0.6) is 0 Å². The molecule has 1 aromatic carbocycles. The summed E-state index contributed by atoms with van der Waals surface area (Å²) in [5, 5.41) is 3.73. The number of halogens is 1. The Kier molecular flexibility index (Phi) is 10.0. The molecule has 0 aromatic heterocycles. The Morgan fingerprint density at radius 2 is 1.96 bits per heavy atom. The number of aliphatic imine (C=N–C) groups is 1. The predicted molar refractivity (Wildman–Crippen MR) is 126 cm³/mol. The summed E-state index contributed by atoms with van der Waals surface area (Å²) in [6.45, 7) is 8.75. The first-order valence-electron chi connectivity index (χ1n) is 10.4. The summed E-state index contributed by atoms with van der Waals surface area (Å²) in [7, 11) is 1.74. The maximum Gasteiger partial charge on any atom is 0.194 e. The highest BCUT2D eigenvalue weighted by Crippen LogP contribution is 2.42. The molecule has 3 rings (SSSR count). The van der Waals surface area contributed by atoms with Gasteiger partial charge in [0.05, 0.1) is 6.10 Å². The zero-order valence-corrected chi connectivity index (χ0v) is 19.9. The molecule has 0 amide bonds. The molecular formula is C22H36IN3O2. The number of hydrogen-bond donors (Lipinski definition) is 1. The average molecular weight is 501 g/mol. The first-order valence-corrected chi connectivity index (χ1v) is 10.4. The summed E-state index contributed by atoms with van der Waals surface area (Å²) in [5.74, 6) is 1.70. The third-order valence-electron chi connectivity index (χ3n) is 5.59. The molecule has 5 nitrogen and oxygen atoms in total. The highest BCUT2D eigenvalue weighted by atomic mass is 127. The molecule has 2 unspecified atom stereocenters. The van der Waals surface area contributed by atoms with Crippen LogP contribution in [0, 0.1) is 6.92 Å². The zero-order chi connectivity index (χ0) is 19.1. The first kappa shape index (κ1) is 23.4. The standard InChI is InChI=1S/C22H35N3O2.HI/c1-4-23-22(24-21-16-20(21)19-9-6-5-8-17(19)2)25-12-10-18(11-13-25)27-15-7-14-26-3;/h5-6,8-9,18,20-21H,4,7,10-16H2,1-3H3,(H,23,24);1H. The minimum Gasteiger partial charge on any atom is -0.385 e. The van der Waals surface area contributed by atoms with Gasteiger partial charge in [0.2, 0.25) is 0 Å². The number of ether oxygens (including phenoxy) is 2. The highest BCUT2D eigenvalue weighted by Gasteiger charge is 2.40. The predicted octanol–water partition coefficient (Wildman–Crippen LogP) is 3.95. The lowest BCUT2D eigenvalue weighted by Gasteiger charge is -2.34. The van der Waals surface area contributed by atoms with E-state index in [9.17, 15) is 0 Å². The van der Waals surface area contributed by atoms with Crippen LogP contribution in [-0.2, 0) is 9.47 Å². The van der Waals surface area contributed by atoms with Crippen molar-refractivity contribution < 1.29 is 9.47 Å². The number of nitrogens with one attached hydrogen (secondary N) is 1. The van der Waals surface area contributed by atoms with Crippen LogP contribution >= 0.6 is 24.0 Å². The van der Waals surface area contributed by atoms with E-state index in [0.717, 1.165) is 58.1 Å². The van der Waals surface area contributed by atoms with Crippen molar-refractivity contribution in [1.29, 1.82) is 0 Å². The first-order chi connectivity index (χ1) is 13.2. The number of methoxy groups -OCH3 is 1. The molecule has 1 heterocycles. The van der Waals surface area contributed by atoms with Gasteiger partial charge in [0.15, 0.2) is 5.96 Å². The number of rotatable bonds is 8. The van der Waals surface area contributed by atoms with Crippen molar-refractivity contribution in [2.45, 2.75) is 57.6 Å². The average Bonchev–Trinajstić information content (AvgIpc) is 3.45. The van der Waals surface area contributed by atoms with Gasteiger partial charge in [-0.25, -0.2) is 0 Å². The molecule has 2 fully saturated rings. The SMILES string of the molecule is CCN=C(NC1CC1c1ccccc1C)N1CCC(OCCCOC)CC1.I. The third-order valence-corrected chi connectivity index (χ3v) is 5.59. The Morgan fingerprint density at radius 3 is 2.64 bits per heavy atom. The van der Waals surface area contributed by atoms with E-state index in [4.69, 9.17) is 14.5 Å². The zero-order valence-electron chi connectivity index (χ0n) is 17.5. The van der Waals surface area contributed by atoms with Crippen molar-refractivity contribution in [3.8, 4) is 0 Å². The van der Waals surface area contributed by atoms with Crippen LogP contribution in [0.4, 0.5) is 0 Å². The van der Waals surface area contributed by atoms with Crippen LogP contribution in [0.3, 0.4) is 0 Å². The maximum atomic E-state index is 5.99. The summed E-state index contributed by atoms with van der Waals surface area (Å²) < 4.78 is 11.1.